The highest BCUT2D eigenvalue weighted by atomic mass is 16.6. The summed E-state index contributed by atoms with van der Waals surface area (Å²) >= 11 is 0. The summed E-state index contributed by atoms with van der Waals surface area (Å²) in [6.07, 6.45) is -0.613. The van der Waals surface area contributed by atoms with E-state index in [4.69, 9.17) is 10.5 Å². The van der Waals surface area contributed by atoms with Crippen LogP contribution >= 0.6 is 0 Å². The maximum atomic E-state index is 11.1. The summed E-state index contributed by atoms with van der Waals surface area (Å²) in [5.74, 6) is 0.212. The van der Waals surface area contributed by atoms with Crippen molar-refractivity contribution < 1.29 is 14.3 Å². The van der Waals surface area contributed by atoms with Crippen molar-refractivity contribution >= 4 is 11.7 Å². The summed E-state index contributed by atoms with van der Waals surface area (Å²) in [5, 5.41) is 0. The minimum atomic E-state index is -0.613. The van der Waals surface area contributed by atoms with E-state index >= 15 is 0 Å². The Hall–Kier alpha value is -1.71. The minimum Gasteiger partial charge on any atom is -0.479 e. The van der Waals surface area contributed by atoms with Crippen LogP contribution in [0.2, 0.25) is 0 Å². The van der Waals surface area contributed by atoms with Crippen molar-refractivity contribution in [3.8, 4) is 5.75 Å². The van der Waals surface area contributed by atoms with Crippen molar-refractivity contribution in [2.45, 2.75) is 20.0 Å². The zero-order chi connectivity index (χ0) is 11.4. The molecule has 1 aromatic rings. The highest BCUT2D eigenvalue weighted by Crippen LogP contribution is 2.19. The number of carbonyl (C=O) groups excluding carboxylic acids is 1. The van der Waals surface area contributed by atoms with Gasteiger partial charge < -0.3 is 15.2 Å². The molecule has 1 aromatic carbocycles. The number of aryl methyl sites for hydroxylation is 1. The predicted octanol–water partition coefficient (Wildman–Crippen LogP) is 1.52. The van der Waals surface area contributed by atoms with Crippen LogP contribution in [-0.4, -0.2) is 19.2 Å². The molecule has 2 N–H and O–H groups in total. The van der Waals surface area contributed by atoms with Gasteiger partial charge in [0.15, 0.2) is 6.10 Å². The first kappa shape index (κ1) is 11.4. The number of nitrogen functional groups attached to an aromatic ring is 1. The van der Waals surface area contributed by atoms with E-state index in [2.05, 4.69) is 4.74 Å². The maximum absolute atomic E-state index is 11.1. The summed E-state index contributed by atoms with van der Waals surface area (Å²) < 4.78 is 9.92. The van der Waals surface area contributed by atoms with Crippen LogP contribution in [0.1, 0.15) is 12.5 Å². The fourth-order valence-corrected chi connectivity index (χ4v) is 1.14. The molecule has 0 fully saturated rings. The smallest absolute Gasteiger partial charge is 0.346 e. The number of benzene rings is 1. The number of nitrogens with two attached hydrogens (primary N) is 1. The Bertz CT molecular complexity index is 363. The molecule has 0 bridgehead atoms. The van der Waals surface area contributed by atoms with E-state index in [1.54, 1.807) is 25.1 Å². The molecule has 0 spiro atoms. The van der Waals surface area contributed by atoms with Gasteiger partial charge in [0.2, 0.25) is 0 Å². The molecule has 0 saturated heterocycles. The fraction of sp³-hybridized carbons (Fsp3) is 0.364. The third kappa shape index (κ3) is 2.87. The Morgan fingerprint density at radius 2 is 2.13 bits per heavy atom. The van der Waals surface area contributed by atoms with Crippen LogP contribution in [0.4, 0.5) is 5.69 Å². The molecule has 0 aliphatic rings. The maximum Gasteiger partial charge on any atom is 0.346 e. The highest BCUT2D eigenvalue weighted by molar-refractivity contribution is 5.74. The average Bonchev–Trinajstić information content (AvgIpc) is 2.22. The molecule has 4 heteroatoms. The summed E-state index contributed by atoms with van der Waals surface area (Å²) in [6.45, 7) is 3.52. The lowest BCUT2D eigenvalue weighted by Crippen LogP contribution is -2.24. The Labute approximate surface area is 89.0 Å². The Morgan fingerprint density at radius 3 is 2.67 bits per heavy atom. The van der Waals surface area contributed by atoms with Gasteiger partial charge in [-0.05, 0) is 37.6 Å². The fourth-order valence-electron chi connectivity index (χ4n) is 1.14. The van der Waals surface area contributed by atoms with Crippen molar-refractivity contribution in [1.29, 1.82) is 0 Å². The molecule has 0 aliphatic carbocycles. The summed E-state index contributed by atoms with van der Waals surface area (Å²) in [5.41, 5.74) is 7.28. The van der Waals surface area contributed by atoms with Crippen molar-refractivity contribution in [3.63, 3.8) is 0 Å². The van der Waals surface area contributed by atoms with Crippen LogP contribution in [0, 0.1) is 6.92 Å². The van der Waals surface area contributed by atoms with Crippen molar-refractivity contribution in [2.75, 3.05) is 12.8 Å². The number of hydrogen-bond donors (Lipinski definition) is 1. The van der Waals surface area contributed by atoms with Crippen LogP contribution in [-0.2, 0) is 9.53 Å². The number of rotatable bonds is 3. The number of methoxy groups -OCH3 is 1. The lowest BCUT2D eigenvalue weighted by molar-refractivity contribution is -0.147. The van der Waals surface area contributed by atoms with Gasteiger partial charge in [-0.2, -0.15) is 0 Å². The summed E-state index contributed by atoms with van der Waals surface area (Å²) in [4.78, 5) is 11.1. The monoisotopic (exact) mass is 209 g/mol. The number of ether oxygens (including phenoxy) is 2. The van der Waals surface area contributed by atoms with E-state index in [0.29, 0.717) is 11.4 Å². The number of anilines is 1. The van der Waals surface area contributed by atoms with Gasteiger partial charge in [0.05, 0.1) is 7.11 Å². The summed E-state index contributed by atoms with van der Waals surface area (Å²) in [6, 6.07) is 5.26. The Morgan fingerprint density at radius 1 is 1.47 bits per heavy atom. The molecule has 0 aromatic heterocycles. The first-order chi connectivity index (χ1) is 7.04. The van der Waals surface area contributed by atoms with E-state index in [1.807, 2.05) is 6.92 Å². The molecule has 0 aliphatic heterocycles. The molecule has 82 valence electrons. The second-order valence-electron chi connectivity index (χ2n) is 3.30. The van der Waals surface area contributed by atoms with E-state index < -0.39 is 12.1 Å². The molecular weight excluding hydrogens is 194 g/mol. The van der Waals surface area contributed by atoms with Gasteiger partial charge >= 0.3 is 5.97 Å². The molecule has 4 nitrogen and oxygen atoms in total. The van der Waals surface area contributed by atoms with E-state index in [-0.39, 0.29) is 0 Å². The zero-order valence-corrected chi connectivity index (χ0v) is 9.11. The molecule has 1 unspecified atom stereocenters. The second-order valence-corrected chi connectivity index (χ2v) is 3.30. The van der Waals surface area contributed by atoms with Gasteiger partial charge in [-0.3, -0.25) is 0 Å². The van der Waals surface area contributed by atoms with Gasteiger partial charge in [-0.25, -0.2) is 4.79 Å². The minimum absolute atomic E-state index is 0.399. The second kappa shape index (κ2) is 4.68. The van der Waals surface area contributed by atoms with Gasteiger partial charge in [0, 0.05) is 5.69 Å². The SMILES string of the molecule is COC(=O)C(C)Oc1ccc(N)c(C)c1. The molecule has 0 amide bonds. The third-order valence-corrected chi connectivity index (χ3v) is 2.09. The topological polar surface area (TPSA) is 61.5 Å². The molecule has 15 heavy (non-hydrogen) atoms. The van der Waals surface area contributed by atoms with Crippen LogP contribution in [0.3, 0.4) is 0 Å². The standard InChI is InChI=1S/C11H15NO3/c1-7-6-9(4-5-10(7)12)15-8(2)11(13)14-3/h4-6,8H,12H2,1-3H3. The largest absolute Gasteiger partial charge is 0.479 e. The Kier molecular flexibility index (Phi) is 3.55. The number of esters is 1. The van der Waals surface area contributed by atoms with Crippen LogP contribution in [0.25, 0.3) is 0 Å². The quantitative estimate of drug-likeness (QED) is 0.605. The van der Waals surface area contributed by atoms with E-state index in [0.717, 1.165) is 5.56 Å². The Balaban J connectivity index is 2.73. The van der Waals surface area contributed by atoms with E-state index in [9.17, 15) is 4.79 Å². The van der Waals surface area contributed by atoms with Gasteiger partial charge in [0.25, 0.3) is 0 Å². The van der Waals surface area contributed by atoms with Crippen LogP contribution in [0.15, 0.2) is 18.2 Å². The lowest BCUT2D eigenvalue weighted by atomic mass is 10.2. The molecule has 0 heterocycles. The van der Waals surface area contributed by atoms with E-state index in [1.165, 1.54) is 7.11 Å². The molecule has 0 radical (unpaired) electrons. The number of hydrogen-bond acceptors (Lipinski definition) is 4. The molecule has 1 rings (SSSR count). The van der Waals surface area contributed by atoms with Gasteiger partial charge in [0.1, 0.15) is 5.75 Å². The zero-order valence-electron chi connectivity index (χ0n) is 9.11. The first-order valence-corrected chi connectivity index (χ1v) is 4.65. The first-order valence-electron chi connectivity index (χ1n) is 4.65. The van der Waals surface area contributed by atoms with Crippen LogP contribution in [0.5, 0.6) is 5.75 Å². The molecular formula is C11H15NO3. The van der Waals surface area contributed by atoms with Gasteiger partial charge in [-0.15, -0.1) is 0 Å². The number of carbonyl (C=O) groups is 1. The summed E-state index contributed by atoms with van der Waals surface area (Å²) in [7, 11) is 1.33. The van der Waals surface area contributed by atoms with Crippen molar-refractivity contribution in [2.24, 2.45) is 0 Å². The van der Waals surface area contributed by atoms with Crippen molar-refractivity contribution in [3.05, 3.63) is 23.8 Å². The molecule has 1 atom stereocenters. The lowest BCUT2D eigenvalue weighted by Gasteiger charge is -2.13. The van der Waals surface area contributed by atoms with Crippen LogP contribution < -0.4 is 10.5 Å². The van der Waals surface area contributed by atoms with Crippen molar-refractivity contribution in [1.82, 2.24) is 0 Å². The average molecular weight is 209 g/mol. The third-order valence-electron chi connectivity index (χ3n) is 2.09. The van der Waals surface area contributed by atoms with Gasteiger partial charge in [-0.1, -0.05) is 0 Å². The predicted molar refractivity (Wildman–Crippen MR) is 57.7 cm³/mol. The highest BCUT2D eigenvalue weighted by Gasteiger charge is 2.14. The molecule has 0 saturated carbocycles. The normalized spacial score (nSPS) is 11.9.